The first-order chi connectivity index (χ1) is 6.20. The Labute approximate surface area is 77.2 Å². The lowest BCUT2D eigenvalue weighted by Gasteiger charge is -2.07. The van der Waals surface area contributed by atoms with Crippen molar-refractivity contribution in [2.75, 3.05) is 0 Å². The van der Waals surface area contributed by atoms with Gasteiger partial charge in [0.1, 0.15) is 4.88 Å². The number of nitrogens with zero attached hydrogens (tertiary/aromatic N) is 2. The number of thiophene rings is 1. The Balaban J connectivity index is 2.52. The first-order valence-electron chi connectivity index (χ1n) is 3.43. The molecule has 1 aromatic rings. The third-order valence-corrected chi connectivity index (χ3v) is 2.59. The number of nitro groups is 1. The van der Waals surface area contributed by atoms with Gasteiger partial charge in [-0.05, 0) is 10.3 Å². The van der Waals surface area contributed by atoms with E-state index in [1.54, 1.807) is 11.4 Å². The summed E-state index contributed by atoms with van der Waals surface area (Å²) in [6, 6.07) is 1.63. The van der Waals surface area contributed by atoms with Crippen LogP contribution in [0.3, 0.4) is 0 Å². The minimum atomic E-state index is -0.940. The lowest BCUT2D eigenvalue weighted by atomic mass is 9.74. The van der Waals surface area contributed by atoms with E-state index in [1.807, 2.05) is 0 Å². The summed E-state index contributed by atoms with van der Waals surface area (Å²) in [5.74, 6) is -0.240. The lowest BCUT2D eigenvalue weighted by Crippen LogP contribution is -2.48. The second kappa shape index (κ2) is 2.82. The molecule has 0 bridgehead atoms. The van der Waals surface area contributed by atoms with Gasteiger partial charge in [-0.25, -0.2) is 5.34 Å². The highest BCUT2D eigenvalue weighted by molar-refractivity contribution is 7.13. The quantitative estimate of drug-likeness (QED) is 0.316. The summed E-state index contributed by atoms with van der Waals surface area (Å²) in [4.78, 5) is 10.3. The average Bonchev–Trinajstić information content (AvgIpc) is 2.53. The summed E-state index contributed by atoms with van der Waals surface area (Å²) in [6.07, 6.45) is 0. The lowest BCUT2D eigenvalue weighted by molar-refractivity contribution is -0.349. The second-order valence-electron chi connectivity index (χ2n) is 2.43. The molecule has 1 aromatic heterocycles. The third-order valence-electron chi connectivity index (χ3n) is 1.66. The van der Waals surface area contributed by atoms with Crippen LogP contribution in [-0.2, 0) is 0 Å². The first-order valence-corrected chi connectivity index (χ1v) is 4.31. The molecule has 1 aliphatic heterocycles. The summed E-state index contributed by atoms with van der Waals surface area (Å²) < 4.78 is 0. The van der Waals surface area contributed by atoms with Gasteiger partial charge in [-0.3, -0.25) is 0 Å². The molecule has 2 heterocycles. The highest BCUT2D eigenvalue weighted by Crippen LogP contribution is 2.11. The van der Waals surface area contributed by atoms with E-state index in [-0.39, 0.29) is 5.84 Å². The number of hydrogen-bond donors (Lipinski definition) is 2. The van der Waals surface area contributed by atoms with Crippen molar-refractivity contribution in [2.24, 2.45) is 5.10 Å². The smallest absolute Gasteiger partial charge is 0.427 e. The molecule has 0 spiro atoms. The highest BCUT2D eigenvalue weighted by atomic mass is 32.1. The minimum absolute atomic E-state index is 0.240. The van der Waals surface area contributed by atoms with Crippen LogP contribution in [0, 0.1) is 10.1 Å². The van der Waals surface area contributed by atoms with E-state index in [0.29, 0.717) is 10.3 Å². The Morgan fingerprint density at radius 3 is 3.23 bits per heavy atom. The number of hydrogen-bond acceptors (Lipinski definition) is 6. The Hall–Kier alpha value is -1.41. The average molecular weight is 197 g/mol. The summed E-state index contributed by atoms with van der Waals surface area (Å²) in [5, 5.41) is 27.2. The van der Waals surface area contributed by atoms with Gasteiger partial charge in [0.25, 0.3) is 0 Å². The van der Waals surface area contributed by atoms with Crippen molar-refractivity contribution < 1.29 is 9.95 Å². The normalized spacial score (nSPS) is 14.5. The van der Waals surface area contributed by atoms with Crippen LogP contribution in [0.25, 0.3) is 0 Å². The summed E-state index contributed by atoms with van der Waals surface area (Å²) in [5.41, 5.74) is 0.506. The van der Waals surface area contributed by atoms with Gasteiger partial charge in [-0.15, -0.1) is 11.3 Å². The number of rotatable bonds is 0. The van der Waals surface area contributed by atoms with Crippen molar-refractivity contribution in [3.05, 3.63) is 26.4 Å². The first kappa shape index (κ1) is 8.20. The second-order valence-corrected chi connectivity index (χ2v) is 3.35. The molecule has 66 valence electrons. The van der Waals surface area contributed by atoms with E-state index < -0.39 is 12.0 Å². The van der Waals surface area contributed by atoms with Crippen molar-refractivity contribution in [1.82, 2.24) is 5.34 Å². The van der Waals surface area contributed by atoms with E-state index in [0.717, 1.165) is 0 Å². The van der Waals surface area contributed by atoms with Gasteiger partial charge in [0.15, 0.2) is 0 Å². The molecule has 0 radical (unpaired) electrons. The fourth-order valence-corrected chi connectivity index (χ4v) is 1.97. The predicted molar refractivity (Wildman–Crippen MR) is 48.6 cm³/mol. The van der Waals surface area contributed by atoms with Crippen LogP contribution in [0.2, 0.25) is 0 Å². The molecule has 0 unspecified atom stereocenters. The van der Waals surface area contributed by atoms with Crippen molar-refractivity contribution in [2.45, 2.75) is 0 Å². The topological polar surface area (TPSA) is 87.8 Å². The van der Waals surface area contributed by atoms with Crippen molar-refractivity contribution in [3.8, 4) is 0 Å². The molecule has 1 aliphatic rings. The summed E-state index contributed by atoms with van der Waals surface area (Å²) in [7, 11) is -0.940. The van der Waals surface area contributed by atoms with Gasteiger partial charge in [-0.2, -0.15) is 0 Å². The molecule has 0 saturated carbocycles. The monoisotopic (exact) mass is 197 g/mol. The van der Waals surface area contributed by atoms with Crippen LogP contribution >= 0.6 is 11.3 Å². The van der Waals surface area contributed by atoms with Crippen LogP contribution in [0.4, 0.5) is 0 Å². The zero-order chi connectivity index (χ0) is 9.42. The molecule has 6 nitrogen and oxygen atoms in total. The maximum atomic E-state index is 10.5. The van der Waals surface area contributed by atoms with Crippen molar-refractivity contribution >= 4 is 29.7 Å². The van der Waals surface area contributed by atoms with Gasteiger partial charge >= 0.3 is 12.9 Å². The SMILES string of the molecule is O=[N+]([O-])C1=NNB(O)c2ccsc21. The molecule has 8 heteroatoms. The van der Waals surface area contributed by atoms with Gasteiger partial charge in [-0.1, -0.05) is 6.07 Å². The van der Waals surface area contributed by atoms with Gasteiger partial charge in [0.05, 0.1) is 0 Å². The Bertz CT molecular complexity index is 390. The molecule has 0 amide bonds. The third kappa shape index (κ3) is 1.19. The number of fused-ring (bicyclic) bond motifs is 1. The van der Waals surface area contributed by atoms with Crippen LogP contribution in [0.1, 0.15) is 4.88 Å². The molecule has 2 rings (SSSR count). The van der Waals surface area contributed by atoms with E-state index >= 15 is 0 Å². The fraction of sp³-hybridized carbons (Fsp3) is 0. The Morgan fingerprint density at radius 2 is 2.54 bits per heavy atom. The minimum Gasteiger partial charge on any atom is -0.427 e. The predicted octanol–water partition coefficient (Wildman–Crippen LogP) is -1.02. The van der Waals surface area contributed by atoms with Crippen molar-refractivity contribution in [1.29, 1.82) is 0 Å². The zero-order valence-electron chi connectivity index (χ0n) is 6.30. The molecular formula is C5H4BN3O3S. The summed E-state index contributed by atoms with van der Waals surface area (Å²) in [6.45, 7) is 0. The van der Waals surface area contributed by atoms with Crippen molar-refractivity contribution in [3.63, 3.8) is 0 Å². The standard InChI is InChI=1S/C5H4BN3O3S/c10-6-3-1-2-13-4(3)5(7-8-6)9(11)12/h1-2,8,10H. The number of hydrazone groups is 1. The van der Waals surface area contributed by atoms with E-state index in [2.05, 4.69) is 10.4 Å². The van der Waals surface area contributed by atoms with E-state index in [1.165, 1.54) is 11.3 Å². The summed E-state index contributed by atoms with van der Waals surface area (Å²) >= 11 is 1.19. The maximum absolute atomic E-state index is 10.5. The van der Waals surface area contributed by atoms with E-state index in [9.17, 15) is 15.1 Å². The Morgan fingerprint density at radius 1 is 1.77 bits per heavy atom. The van der Waals surface area contributed by atoms with Crippen LogP contribution in [0.5, 0.6) is 0 Å². The molecule has 0 atom stereocenters. The highest BCUT2D eigenvalue weighted by Gasteiger charge is 2.34. The molecule has 0 aromatic carbocycles. The largest absolute Gasteiger partial charge is 0.486 e. The van der Waals surface area contributed by atoms with Crippen LogP contribution in [0.15, 0.2) is 16.5 Å². The molecule has 2 N–H and O–H groups in total. The zero-order valence-corrected chi connectivity index (χ0v) is 7.11. The van der Waals surface area contributed by atoms with Gasteiger partial charge in [0, 0.05) is 10.6 Å². The molecule has 0 aliphatic carbocycles. The van der Waals surface area contributed by atoms with E-state index in [4.69, 9.17) is 0 Å². The van der Waals surface area contributed by atoms with Crippen LogP contribution in [-0.4, -0.2) is 22.8 Å². The number of nitrogens with one attached hydrogen (secondary N) is 1. The Kier molecular flexibility index (Phi) is 1.78. The van der Waals surface area contributed by atoms with Crippen LogP contribution < -0.4 is 10.8 Å². The van der Waals surface area contributed by atoms with Gasteiger partial charge in [0.2, 0.25) is 0 Å². The van der Waals surface area contributed by atoms with Gasteiger partial charge < -0.3 is 15.1 Å². The number of amidine groups is 1. The molecule has 0 saturated heterocycles. The maximum Gasteiger partial charge on any atom is 0.486 e. The molecular weight excluding hydrogens is 193 g/mol. The fourth-order valence-electron chi connectivity index (χ4n) is 1.08. The molecule has 13 heavy (non-hydrogen) atoms. The molecule has 0 fully saturated rings.